The minimum absolute atomic E-state index is 0.199. The van der Waals surface area contributed by atoms with E-state index in [1.807, 2.05) is 13.8 Å². The first-order valence-electron chi connectivity index (χ1n) is 10.7. The van der Waals surface area contributed by atoms with Crippen molar-refractivity contribution in [1.82, 2.24) is 29.6 Å². The van der Waals surface area contributed by atoms with Gasteiger partial charge in [0, 0.05) is 36.8 Å². The number of halogens is 1. The summed E-state index contributed by atoms with van der Waals surface area (Å²) < 4.78 is 16.0. The van der Waals surface area contributed by atoms with Crippen LogP contribution in [0.4, 0.5) is 4.39 Å². The van der Waals surface area contributed by atoms with E-state index in [-0.39, 0.29) is 24.1 Å². The molecule has 166 valence electrons. The molecule has 1 atom stereocenters. The van der Waals surface area contributed by atoms with Gasteiger partial charge in [0.2, 0.25) is 0 Å². The molecule has 9 heteroatoms. The molecule has 0 radical (unpaired) electrons. The Kier molecular flexibility index (Phi) is 4.74. The topological polar surface area (TPSA) is 103 Å². The van der Waals surface area contributed by atoms with Crippen molar-refractivity contribution >= 4 is 17.1 Å². The number of carbonyl (C=O) groups excluding carboxylic acids is 1. The second-order valence-electron chi connectivity index (χ2n) is 8.34. The maximum absolute atomic E-state index is 14.4. The van der Waals surface area contributed by atoms with Gasteiger partial charge in [0.05, 0.1) is 29.7 Å². The summed E-state index contributed by atoms with van der Waals surface area (Å²) in [4.78, 5) is 27.9. The third-order valence-electron chi connectivity index (χ3n) is 6.38. The molecule has 1 aliphatic heterocycles. The molecule has 0 fully saturated rings. The van der Waals surface area contributed by atoms with Gasteiger partial charge in [-0.3, -0.25) is 9.48 Å². The predicted octanol–water partition coefficient (Wildman–Crippen LogP) is 3.67. The van der Waals surface area contributed by atoms with E-state index < -0.39 is 5.82 Å². The van der Waals surface area contributed by atoms with Crippen molar-refractivity contribution in [2.45, 2.75) is 32.7 Å². The number of nitrogens with one attached hydrogen (secondary N) is 1. The number of carbonyl (C=O) groups is 1. The maximum atomic E-state index is 14.4. The van der Waals surface area contributed by atoms with Crippen molar-refractivity contribution in [3.8, 4) is 17.3 Å². The number of amides is 1. The molecule has 3 aromatic heterocycles. The zero-order chi connectivity index (χ0) is 23.4. The summed E-state index contributed by atoms with van der Waals surface area (Å²) in [6.07, 6.45) is 2.31. The van der Waals surface area contributed by atoms with Gasteiger partial charge < -0.3 is 9.88 Å². The Morgan fingerprint density at radius 2 is 2.12 bits per heavy atom. The summed E-state index contributed by atoms with van der Waals surface area (Å²) >= 11 is 0. The lowest BCUT2D eigenvalue weighted by molar-refractivity contribution is 0.0780. The van der Waals surface area contributed by atoms with E-state index in [0.29, 0.717) is 45.7 Å². The second-order valence-corrected chi connectivity index (χ2v) is 8.34. The van der Waals surface area contributed by atoms with Crippen molar-refractivity contribution in [1.29, 1.82) is 5.26 Å². The minimum atomic E-state index is -0.402. The molecule has 1 aliphatic rings. The summed E-state index contributed by atoms with van der Waals surface area (Å²) in [5.74, 6) is -0.951. The number of hydrogen-bond donors (Lipinski definition) is 1. The molecule has 0 saturated carbocycles. The van der Waals surface area contributed by atoms with Crippen LogP contribution in [0.2, 0.25) is 0 Å². The average molecular weight is 443 g/mol. The molecule has 1 amide bonds. The number of nitrogens with zero attached hydrogens (tertiary/aromatic N) is 6. The molecule has 1 unspecified atom stereocenters. The van der Waals surface area contributed by atoms with E-state index in [9.17, 15) is 14.4 Å². The Labute approximate surface area is 189 Å². The number of nitriles is 1. The van der Waals surface area contributed by atoms with E-state index in [4.69, 9.17) is 4.98 Å². The predicted molar refractivity (Wildman–Crippen MR) is 120 cm³/mol. The highest BCUT2D eigenvalue weighted by Gasteiger charge is 2.29. The van der Waals surface area contributed by atoms with Crippen molar-refractivity contribution in [3.05, 3.63) is 64.0 Å². The lowest BCUT2D eigenvalue weighted by atomic mass is 9.87. The van der Waals surface area contributed by atoms with E-state index in [1.165, 1.54) is 18.2 Å². The number of fused-ring (bicyclic) bond motifs is 4. The van der Waals surface area contributed by atoms with Crippen molar-refractivity contribution in [2.24, 2.45) is 7.05 Å². The molecule has 8 nitrogen and oxygen atoms in total. The van der Waals surface area contributed by atoms with Gasteiger partial charge in [-0.2, -0.15) is 10.4 Å². The highest BCUT2D eigenvalue weighted by atomic mass is 19.1. The second kappa shape index (κ2) is 7.52. The van der Waals surface area contributed by atoms with Crippen LogP contribution in [0.15, 0.2) is 24.4 Å². The lowest BCUT2D eigenvalue weighted by Crippen LogP contribution is -2.29. The van der Waals surface area contributed by atoms with E-state index in [1.54, 1.807) is 29.9 Å². The molecule has 4 aromatic rings. The van der Waals surface area contributed by atoms with Gasteiger partial charge in [0.1, 0.15) is 17.4 Å². The molecule has 1 aromatic carbocycles. The van der Waals surface area contributed by atoms with Gasteiger partial charge in [0.25, 0.3) is 5.91 Å². The smallest absolute Gasteiger partial charge is 0.254 e. The SMILES string of the molecule is CCc1[nH]c2ncc3nc2c1C(C)c1cc(F)ccc1C(=O)N(C)Cc1c-3c(C#N)nn1C. The van der Waals surface area contributed by atoms with E-state index in [0.717, 1.165) is 11.3 Å². The summed E-state index contributed by atoms with van der Waals surface area (Å²) in [7, 11) is 3.42. The van der Waals surface area contributed by atoms with Crippen LogP contribution in [-0.2, 0) is 20.0 Å². The van der Waals surface area contributed by atoms with Gasteiger partial charge in [-0.05, 0) is 30.2 Å². The monoisotopic (exact) mass is 443 g/mol. The third-order valence-corrected chi connectivity index (χ3v) is 6.38. The third kappa shape index (κ3) is 3.09. The van der Waals surface area contributed by atoms with Gasteiger partial charge in [-0.25, -0.2) is 14.4 Å². The molecule has 5 rings (SSSR count). The van der Waals surface area contributed by atoms with Crippen LogP contribution in [0.1, 0.15) is 58.3 Å². The van der Waals surface area contributed by atoms with Crippen LogP contribution in [0.3, 0.4) is 0 Å². The van der Waals surface area contributed by atoms with Crippen molar-refractivity contribution in [3.63, 3.8) is 0 Å². The molecule has 4 heterocycles. The highest BCUT2D eigenvalue weighted by Crippen LogP contribution is 2.37. The number of aromatic amines is 1. The van der Waals surface area contributed by atoms with Gasteiger partial charge in [-0.15, -0.1) is 0 Å². The fourth-order valence-corrected chi connectivity index (χ4v) is 4.72. The molecule has 33 heavy (non-hydrogen) atoms. The lowest BCUT2D eigenvalue weighted by Gasteiger charge is -2.23. The summed E-state index contributed by atoms with van der Waals surface area (Å²) in [5.41, 5.74) is 6.04. The van der Waals surface area contributed by atoms with E-state index in [2.05, 4.69) is 21.1 Å². The van der Waals surface area contributed by atoms with Gasteiger partial charge in [-0.1, -0.05) is 13.8 Å². The summed E-state index contributed by atoms with van der Waals surface area (Å²) in [6, 6.07) is 6.41. The molecule has 0 saturated heterocycles. The molecule has 0 spiro atoms. The first-order chi connectivity index (χ1) is 15.8. The van der Waals surface area contributed by atoms with Crippen LogP contribution >= 0.6 is 0 Å². The zero-order valence-corrected chi connectivity index (χ0v) is 18.8. The fourth-order valence-electron chi connectivity index (χ4n) is 4.72. The van der Waals surface area contributed by atoms with Crippen LogP contribution in [-0.4, -0.2) is 42.6 Å². The molecule has 2 bridgehead atoms. The van der Waals surface area contributed by atoms with Crippen molar-refractivity contribution < 1.29 is 9.18 Å². The Bertz CT molecular complexity index is 1480. The van der Waals surface area contributed by atoms with Crippen LogP contribution in [0.5, 0.6) is 0 Å². The van der Waals surface area contributed by atoms with Crippen LogP contribution in [0, 0.1) is 17.1 Å². The zero-order valence-electron chi connectivity index (χ0n) is 18.8. The van der Waals surface area contributed by atoms with Gasteiger partial charge in [0.15, 0.2) is 11.3 Å². The van der Waals surface area contributed by atoms with Crippen LogP contribution < -0.4 is 0 Å². The summed E-state index contributed by atoms with van der Waals surface area (Å²) in [5, 5.41) is 14.1. The Hall–Kier alpha value is -4.06. The maximum Gasteiger partial charge on any atom is 0.254 e. The Morgan fingerprint density at radius 3 is 2.85 bits per heavy atom. The first kappa shape index (κ1) is 20.8. The highest BCUT2D eigenvalue weighted by molar-refractivity contribution is 5.96. The van der Waals surface area contributed by atoms with Gasteiger partial charge >= 0.3 is 0 Å². The first-order valence-corrected chi connectivity index (χ1v) is 10.7. The normalized spacial score (nSPS) is 15.7. The fraction of sp³-hybridized carbons (Fsp3) is 0.292. The molecule has 1 N–H and O–H groups in total. The number of aryl methyl sites for hydroxylation is 2. The number of aromatic nitrogens is 5. The number of hydrogen-bond acceptors (Lipinski definition) is 5. The number of rotatable bonds is 1. The quantitative estimate of drug-likeness (QED) is 0.483. The Balaban J connectivity index is 1.91. The average Bonchev–Trinajstić information content (AvgIpc) is 3.33. The van der Waals surface area contributed by atoms with Crippen molar-refractivity contribution in [2.75, 3.05) is 7.05 Å². The number of H-pyrrole nitrogens is 1. The molecular formula is C24H22FN7O. The van der Waals surface area contributed by atoms with Crippen LogP contribution in [0.25, 0.3) is 22.4 Å². The standard InChI is InChI=1S/C24H22FN7O/c1-5-16-20-12(2)15-8-13(25)6-7-14(15)24(33)31(3)11-19-21(17(9-26)30-32(19)4)18-10-27-23(29-16)22(20)28-18/h6-8,10,12H,5,11H2,1-4H3,(H,27,29). The van der Waals surface area contributed by atoms with E-state index >= 15 is 0 Å². The largest absolute Gasteiger partial charge is 0.342 e. The summed E-state index contributed by atoms with van der Waals surface area (Å²) in [6.45, 7) is 4.16. The molecular weight excluding hydrogens is 421 g/mol. The minimum Gasteiger partial charge on any atom is -0.342 e. The Morgan fingerprint density at radius 1 is 1.33 bits per heavy atom. The number of benzene rings is 1. The molecule has 0 aliphatic carbocycles.